The van der Waals surface area contributed by atoms with Gasteiger partial charge in [-0.15, -0.1) is 11.3 Å². The van der Waals surface area contributed by atoms with Gasteiger partial charge in [0.25, 0.3) is 5.91 Å². The molecule has 2 amide bonds. The number of hydrogen-bond acceptors (Lipinski definition) is 7. The topological polar surface area (TPSA) is 104 Å². The van der Waals surface area contributed by atoms with Crippen molar-refractivity contribution >= 4 is 23.2 Å². The van der Waals surface area contributed by atoms with E-state index in [1.165, 1.54) is 11.3 Å². The smallest absolute Gasteiger partial charge is 0.255 e. The molecular formula is C24H27N3O5S. The van der Waals surface area contributed by atoms with Crippen LogP contribution in [0, 0.1) is 6.92 Å². The van der Waals surface area contributed by atoms with Crippen LogP contribution in [0.25, 0.3) is 0 Å². The Labute approximate surface area is 196 Å². The lowest BCUT2D eigenvalue weighted by atomic mass is 9.82. The Hall–Kier alpha value is -3.17. The summed E-state index contributed by atoms with van der Waals surface area (Å²) in [6.45, 7) is 2.30. The fourth-order valence-corrected chi connectivity index (χ4v) is 5.58. The number of thiazole rings is 1. The summed E-state index contributed by atoms with van der Waals surface area (Å²) in [7, 11) is 4.69. The van der Waals surface area contributed by atoms with Crippen molar-refractivity contribution in [3.8, 4) is 0 Å². The molecule has 8 nitrogen and oxygen atoms in total. The highest BCUT2D eigenvalue weighted by Gasteiger charge is 2.48. The number of carbonyl (C=O) groups is 2. The van der Waals surface area contributed by atoms with Crippen molar-refractivity contribution in [2.45, 2.75) is 38.0 Å². The second kappa shape index (κ2) is 8.99. The average Bonchev–Trinajstić information content (AvgIpc) is 3.40. The molecule has 2 unspecified atom stereocenters. The van der Waals surface area contributed by atoms with Gasteiger partial charge in [-0.25, -0.2) is 4.98 Å². The minimum Gasteiger partial charge on any atom is -0.494 e. The Bertz CT molecular complexity index is 1150. The average molecular weight is 470 g/mol. The molecule has 2 aliphatic rings. The van der Waals surface area contributed by atoms with Crippen LogP contribution in [0.5, 0.6) is 0 Å². The van der Waals surface area contributed by atoms with Gasteiger partial charge in [0.1, 0.15) is 5.01 Å². The summed E-state index contributed by atoms with van der Waals surface area (Å²) in [6, 6.07) is 6.89. The third kappa shape index (κ3) is 3.91. The molecule has 174 valence electrons. The van der Waals surface area contributed by atoms with E-state index in [2.05, 4.69) is 4.98 Å². The highest BCUT2D eigenvalue weighted by atomic mass is 32.1. The quantitative estimate of drug-likeness (QED) is 0.637. The number of benzene rings is 1. The molecule has 4 rings (SSSR count). The zero-order chi connectivity index (χ0) is 23.8. The number of allylic oxidation sites excluding steroid dienone is 1. The van der Waals surface area contributed by atoms with Crippen molar-refractivity contribution < 1.29 is 23.8 Å². The molecule has 2 aromatic rings. The highest BCUT2D eigenvalue weighted by molar-refractivity contribution is 7.09. The number of ether oxygens (including phenoxy) is 3. The minimum atomic E-state index is -1.06. The molecule has 2 heterocycles. The maximum atomic E-state index is 13.3. The number of rotatable bonds is 8. The molecule has 0 spiro atoms. The summed E-state index contributed by atoms with van der Waals surface area (Å²) in [5, 5.41) is 2.64. The number of aryl methyl sites for hydroxylation is 1. The fourth-order valence-electron chi connectivity index (χ4n) is 4.61. The Kier molecular flexibility index (Phi) is 6.27. The first-order valence-corrected chi connectivity index (χ1v) is 11.4. The summed E-state index contributed by atoms with van der Waals surface area (Å²) >= 11 is 1.46. The van der Waals surface area contributed by atoms with Crippen molar-refractivity contribution in [3.05, 3.63) is 74.6 Å². The minimum absolute atomic E-state index is 0.0262. The predicted molar refractivity (Wildman–Crippen MR) is 123 cm³/mol. The van der Waals surface area contributed by atoms with Gasteiger partial charge in [-0.2, -0.15) is 0 Å². The van der Waals surface area contributed by atoms with E-state index in [4.69, 9.17) is 19.9 Å². The second-order valence-corrected chi connectivity index (χ2v) is 8.96. The van der Waals surface area contributed by atoms with Gasteiger partial charge in [-0.05, 0) is 30.2 Å². The first kappa shape index (κ1) is 23.0. The molecule has 33 heavy (non-hydrogen) atoms. The van der Waals surface area contributed by atoms with Crippen molar-refractivity contribution in [2.75, 3.05) is 21.3 Å². The normalized spacial score (nSPS) is 21.0. The number of nitrogens with zero attached hydrogens (tertiary/aromatic N) is 2. The number of fused-ring (bicyclic) bond motifs is 1. The Morgan fingerprint density at radius 3 is 2.61 bits per heavy atom. The summed E-state index contributed by atoms with van der Waals surface area (Å²) < 4.78 is 17.5. The lowest BCUT2D eigenvalue weighted by molar-refractivity contribution is -0.118. The Morgan fingerprint density at radius 2 is 2.03 bits per heavy atom. The molecule has 1 aromatic carbocycles. The van der Waals surface area contributed by atoms with E-state index in [0.717, 1.165) is 16.8 Å². The van der Waals surface area contributed by atoms with Crippen LogP contribution in [0.1, 0.15) is 39.5 Å². The molecule has 1 aromatic heterocycles. The van der Waals surface area contributed by atoms with Crippen molar-refractivity contribution in [2.24, 2.45) is 5.73 Å². The SMILES string of the molecule is COC1=C(OC)C(OC)(c2nc(C)cs2)CC(C(CC(N)=O)N2Cc3ccccc3C2=O)=C1. The van der Waals surface area contributed by atoms with Crippen LogP contribution in [-0.2, 0) is 31.2 Å². The van der Waals surface area contributed by atoms with Crippen LogP contribution in [0.4, 0.5) is 0 Å². The van der Waals surface area contributed by atoms with Gasteiger partial charge in [0.05, 0.1) is 26.7 Å². The van der Waals surface area contributed by atoms with E-state index in [9.17, 15) is 9.59 Å². The van der Waals surface area contributed by atoms with Gasteiger partial charge in [0.15, 0.2) is 17.1 Å². The third-order valence-electron chi connectivity index (χ3n) is 6.15. The second-order valence-electron chi connectivity index (χ2n) is 8.10. The molecule has 0 radical (unpaired) electrons. The van der Waals surface area contributed by atoms with E-state index in [-0.39, 0.29) is 12.3 Å². The van der Waals surface area contributed by atoms with Crippen LogP contribution < -0.4 is 5.73 Å². The largest absolute Gasteiger partial charge is 0.494 e. The number of primary amides is 1. The fraction of sp³-hybridized carbons (Fsp3) is 0.375. The van der Waals surface area contributed by atoms with Crippen molar-refractivity contribution in [3.63, 3.8) is 0 Å². The molecule has 2 atom stereocenters. The van der Waals surface area contributed by atoms with Gasteiger partial charge in [-0.1, -0.05) is 18.2 Å². The zero-order valence-electron chi connectivity index (χ0n) is 19.1. The van der Waals surface area contributed by atoms with Crippen LogP contribution in [0.3, 0.4) is 0 Å². The number of nitrogens with two attached hydrogens (primary N) is 1. The summed E-state index contributed by atoms with van der Waals surface area (Å²) in [5.74, 6) is 0.302. The molecule has 1 aliphatic heterocycles. The Balaban J connectivity index is 1.82. The van der Waals surface area contributed by atoms with E-state index in [1.807, 2.05) is 36.6 Å². The molecule has 1 aliphatic carbocycles. The van der Waals surface area contributed by atoms with Crippen molar-refractivity contribution in [1.82, 2.24) is 9.88 Å². The first-order valence-electron chi connectivity index (χ1n) is 10.5. The molecule has 9 heteroatoms. The monoisotopic (exact) mass is 469 g/mol. The molecular weight excluding hydrogens is 442 g/mol. The van der Waals surface area contributed by atoms with Gasteiger partial charge in [-0.3, -0.25) is 9.59 Å². The van der Waals surface area contributed by atoms with Crippen LogP contribution in [0.2, 0.25) is 0 Å². The van der Waals surface area contributed by atoms with E-state index in [1.54, 1.807) is 32.3 Å². The maximum absolute atomic E-state index is 13.3. The van der Waals surface area contributed by atoms with E-state index >= 15 is 0 Å². The Morgan fingerprint density at radius 1 is 1.27 bits per heavy atom. The van der Waals surface area contributed by atoms with Gasteiger partial charge in [0.2, 0.25) is 5.91 Å². The number of carbonyl (C=O) groups excluding carboxylic acids is 2. The highest BCUT2D eigenvalue weighted by Crippen LogP contribution is 2.47. The van der Waals surface area contributed by atoms with Crippen LogP contribution >= 0.6 is 11.3 Å². The number of hydrogen-bond donors (Lipinski definition) is 1. The molecule has 0 saturated heterocycles. The molecule has 2 N–H and O–H groups in total. The van der Waals surface area contributed by atoms with Gasteiger partial charge in [0, 0.05) is 36.7 Å². The first-order chi connectivity index (χ1) is 15.8. The molecule has 0 saturated carbocycles. The molecule has 0 fully saturated rings. The van der Waals surface area contributed by atoms with E-state index in [0.29, 0.717) is 35.1 Å². The lowest BCUT2D eigenvalue weighted by Gasteiger charge is -2.39. The third-order valence-corrected chi connectivity index (χ3v) is 7.25. The number of methoxy groups -OCH3 is 3. The standard InChI is InChI=1S/C24H27N3O5S/c1-14-13-33-23(26-14)24(32-4)11-16(9-19(30-2)21(24)31-3)18(10-20(25)28)27-12-15-7-5-6-8-17(15)22(27)29/h5-9,13,18H,10-12H2,1-4H3,(H2,25,28). The number of amides is 2. The van der Waals surface area contributed by atoms with Crippen LogP contribution in [0.15, 0.2) is 52.8 Å². The van der Waals surface area contributed by atoms with Gasteiger partial charge >= 0.3 is 0 Å². The van der Waals surface area contributed by atoms with Gasteiger partial charge < -0.3 is 24.8 Å². The lowest BCUT2D eigenvalue weighted by Crippen LogP contribution is -2.44. The van der Waals surface area contributed by atoms with E-state index < -0.39 is 17.6 Å². The zero-order valence-corrected chi connectivity index (χ0v) is 19.9. The maximum Gasteiger partial charge on any atom is 0.255 e. The molecule has 0 bridgehead atoms. The number of aromatic nitrogens is 1. The van der Waals surface area contributed by atoms with Crippen molar-refractivity contribution in [1.29, 1.82) is 0 Å². The van der Waals surface area contributed by atoms with Crippen LogP contribution in [-0.4, -0.2) is 49.1 Å². The predicted octanol–water partition coefficient (Wildman–Crippen LogP) is 3.03. The summed E-state index contributed by atoms with van der Waals surface area (Å²) in [6.07, 6.45) is 2.12. The summed E-state index contributed by atoms with van der Waals surface area (Å²) in [4.78, 5) is 31.7. The summed E-state index contributed by atoms with van der Waals surface area (Å²) in [5.41, 5.74) is 7.77.